The molecule has 1 saturated heterocycles. The van der Waals surface area contributed by atoms with Crippen molar-refractivity contribution >= 4 is 17.6 Å². The molecule has 1 aliphatic heterocycles. The molecule has 6 nitrogen and oxygen atoms in total. The predicted molar refractivity (Wildman–Crippen MR) is 103 cm³/mol. The smallest absolute Gasteiger partial charge is 0.357 e. The molecule has 2 aromatic rings. The minimum atomic E-state index is -0.432. The summed E-state index contributed by atoms with van der Waals surface area (Å²) in [6.45, 7) is 5.89. The molecule has 0 N–H and O–H groups in total. The largest absolute Gasteiger partial charge is 0.368 e. The summed E-state index contributed by atoms with van der Waals surface area (Å²) in [6, 6.07) is 12.9. The molecule has 0 spiro atoms. The molecule has 3 rings (SSSR count). The van der Waals surface area contributed by atoms with Crippen LogP contribution in [0.25, 0.3) is 0 Å². The SMILES string of the molecule is CC(C)C(=O)OOc1cccc(N2CCN(C(=O)c3ccc(F)cc3)CC2)c1. The van der Waals surface area contributed by atoms with E-state index in [1.165, 1.54) is 24.3 Å². The molecular weight excluding hydrogens is 363 g/mol. The molecule has 1 fully saturated rings. The predicted octanol–water partition coefficient (Wildman–Crippen LogP) is 3.28. The molecule has 2 aromatic carbocycles. The molecule has 1 heterocycles. The Kier molecular flexibility index (Phi) is 6.13. The minimum Gasteiger partial charge on any atom is -0.368 e. The van der Waals surface area contributed by atoms with Crippen LogP contribution in [0, 0.1) is 11.7 Å². The molecular formula is C21H23FN2O4. The van der Waals surface area contributed by atoms with E-state index < -0.39 is 5.97 Å². The molecule has 148 valence electrons. The zero-order valence-electron chi connectivity index (χ0n) is 15.9. The van der Waals surface area contributed by atoms with Crippen molar-refractivity contribution in [3.8, 4) is 5.75 Å². The summed E-state index contributed by atoms with van der Waals surface area (Å²) in [6.07, 6.45) is 0. The summed E-state index contributed by atoms with van der Waals surface area (Å²) in [7, 11) is 0. The zero-order chi connectivity index (χ0) is 20.1. The number of benzene rings is 2. The van der Waals surface area contributed by atoms with E-state index in [9.17, 15) is 14.0 Å². The third-order valence-corrected chi connectivity index (χ3v) is 4.53. The van der Waals surface area contributed by atoms with Crippen LogP contribution in [0.4, 0.5) is 10.1 Å². The van der Waals surface area contributed by atoms with E-state index in [-0.39, 0.29) is 17.6 Å². The van der Waals surface area contributed by atoms with Gasteiger partial charge in [0.15, 0.2) is 5.75 Å². The fourth-order valence-corrected chi connectivity index (χ4v) is 2.86. The van der Waals surface area contributed by atoms with Gasteiger partial charge in [-0.05, 0) is 36.4 Å². The highest BCUT2D eigenvalue weighted by molar-refractivity contribution is 5.94. The lowest BCUT2D eigenvalue weighted by molar-refractivity contribution is -0.217. The second kappa shape index (κ2) is 8.73. The van der Waals surface area contributed by atoms with Crippen LogP contribution in [0.3, 0.4) is 0 Å². The Morgan fingerprint density at radius 1 is 1.00 bits per heavy atom. The minimum absolute atomic E-state index is 0.0997. The average Bonchev–Trinajstić information content (AvgIpc) is 2.72. The van der Waals surface area contributed by atoms with Gasteiger partial charge in [0.1, 0.15) is 5.82 Å². The zero-order valence-corrected chi connectivity index (χ0v) is 15.9. The first-order valence-electron chi connectivity index (χ1n) is 9.22. The van der Waals surface area contributed by atoms with E-state index in [0.717, 1.165) is 5.69 Å². The normalized spacial score (nSPS) is 14.1. The molecule has 1 amide bonds. The van der Waals surface area contributed by atoms with Gasteiger partial charge in [-0.2, -0.15) is 0 Å². The van der Waals surface area contributed by atoms with Gasteiger partial charge in [-0.15, -0.1) is 0 Å². The Bertz CT molecular complexity index is 831. The van der Waals surface area contributed by atoms with E-state index in [1.54, 1.807) is 30.9 Å². The summed E-state index contributed by atoms with van der Waals surface area (Å²) in [5.41, 5.74) is 1.41. The van der Waals surface area contributed by atoms with Crippen LogP contribution in [0.15, 0.2) is 48.5 Å². The van der Waals surface area contributed by atoms with E-state index in [0.29, 0.717) is 37.5 Å². The maximum atomic E-state index is 13.0. The fourth-order valence-electron chi connectivity index (χ4n) is 2.86. The Labute approximate surface area is 163 Å². The van der Waals surface area contributed by atoms with Crippen molar-refractivity contribution < 1.29 is 23.8 Å². The number of rotatable bonds is 5. The van der Waals surface area contributed by atoms with Crippen molar-refractivity contribution in [1.82, 2.24) is 4.90 Å². The topological polar surface area (TPSA) is 59.1 Å². The van der Waals surface area contributed by atoms with Gasteiger partial charge in [-0.3, -0.25) is 14.6 Å². The molecule has 7 heteroatoms. The third-order valence-electron chi connectivity index (χ3n) is 4.53. The molecule has 0 radical (unpaired) electrons. The summed E-state index contributed by atoms with van der Waals surface area (Å²) in [4.78, 5) is 37.9. The summed E-state index contributed by atoms with van der Waals surface area (Å²) in [5, 5.41) is 0. The number of carbonyl (C=O) groups is 2. The van der Waals surface area contributed by atoms with E-state index in [2.05, 4.69) is 4.90 Å². The second-order valence-corrected chi connectivity index (χ2v) is 6.92. The van der Waals surface area contributed by atoms with Crippen LogP contribution in [0.1, 0.15) is 24.2 Å². The van der Waals surface area contributed by atoms with Crippen molar-refractivity contribution in [2.75, 3.05) is 31.1 Å². The van der Waals surface area contributed by atoms with Crippen LogP contribution in [-0.2, 0) is 9.68 Å². The van der Waals surface area contributed by atoms with Gasteiger partial charge in [0.25, 0.3) is 5.91 Å². The number of carbonyl (C=O) groups excluding carboxylic acids is 2. The molecule has 1 aliphatic rings. The maximum Gasteiger partial charge on any atom is 0.357 e. The van der Waals surface area contributed by atoms with Crippen molar-refractivity contribution in [2.45, 2.75) is 13.8 Å². The van der Waals surface area contributed by atoms with E-state index in [4.69, 9.17) is 9.78 Å². The van der Waals surface area contributed by atoms with Crippen molar-refractivity contribution in [2.24, 2.45) is 5.92 Å². The first-order valence-corrected chi connectivity index (χ1v) is 9.22. The lowest BCUT2D eigenvalue weighted by Crippen LogP contribution is -2.48. The lowest BCUT2D eigenvalue weighted by Gasteiger charge is -2.36. The molecule has 0 atom stereocenters. The highest BCUT2D eigenvalue weighted by Crippen LogP contribution is 2.23. The van der Waals surface area contributed by atoms with Crippen molar-refractivity contribution in [1.29, 1.82) is 0 Å². The van der Waals surface area contributed by atoms with Gasteiger partial charge in [-0.25, -0.2) is 9.18 Å². The molecule has 28 heavy (non-hydrogen) atoms. The average molecular weight is 386 g/mol. The van der Waals surface area contributed by atoms with Crippen LogP contribution in [0.5, 0.6) is 5.75 Å². The molecule has 0 saturated carbocycles. The summed E-state index contributed by atoms with van der Waals surface area (Å²) in [5.74, 6) is -0.718. The highest BCUT2D eigenvalue weighted by atomic mass is 19.1. The number of anilines is 1. The van der Waals surface area contributed by atoms with Crippen LogP contribution in [-0.4, -0.2) is 43.0 Å². The van der Waals surface area contributed by atoms with Gasteiger partial charge in [0.2, 0.25) is 0 Å². The van der Waals surface area contributed by atoms with Crippen LogP contribution < -0.4 is 9.79 Å². The van der Waals surface area contributed by atoms with Crippen molar-refractivity contribution in [3.63, 3.8) is 0 Å². The molecule has 0 unspecified atom stereocenters. The monoisotopic (exact) mass is 386 g/mol. The van der Waals surface area contributed by atoms with Gasteiger partial charge < -0.3 is 9.80 Å². The number of piperazine rings is 1. The van der Waals surface area contributed by atoms with E-state index >= 15 is 0 Å². The summed E-state index contributed by atoms with van der Waals surface area (Å²) < 4.78 is 13.0. The Morgan fingerprint density at radius 3 is 2.32 bits per heavy atom. The number of amides is 1. The second-order valence-electron chi connectivity index (χ2n) is 6.92. The number of hydrogen-bond acceptors (Lipinski definition) is 5. The van der Waals surface area contributed by atoms with Gasteiger partial charge in [0, 0.05) is 43.5 Å². The molecule has 0 aliphatic carbocycles. The van der Waals surface area contributed by atoms with Crippen LogP contribution in [0.2, 0.25) is 0 Å². The quantitative estimate of drug-likeness (QED) is 0.583. The van der Waals surface area contributed by atoms with Crippen LogP contribution >= 0.6 is 0 Å². The highest BCUT2D eigenvalue weighted by Gasteiger charge is 2.22. The Balaban J connectivity index is 1.57. The first kappa shape index (κ1) is 19.7. The molecule has 0 bridgehead atoms. The number of hydrogen-bond donors (Lipinski definition) is 0. The van der Waals surface area contributed by atoms with E-state index in [1.807, 2.05) is 12.1 Å². The lowest BCUT2D eigenvalue weighted by atomic mass is 10.1. The van der Waals surface area contributed by atoms with Gasteiger partial charge in [0.05, 0.1) is 5.92 Å². The standard InChI is InChI=1S/C21H23FN2O4/c1-15(2)21(26)28-27-19-5-3-4-18(14-19)23-10-12-24(13-11-23)20(25)16-6-8-17(22)9-7-16/h3-9,14-15H,10-13H2,1-2H3. The molecule has 0 aromatic heterocycles. The van der Waals surface area contributed by atoms with Crippen molar-refractivity contribution in [3.05, 3.63) is 59.9 Å². The Hall–Kier alpha value is -3.09. The number of nitrogens with zero attached hydrogens (tertiary/aromatic N) is 2. The van der Waals surface area contributed by atoms with Gasteiger partial charge >= 0.3 is 5.97 Å². The fraction of sp³-hybridized carbons (Fsp3) is 0.333. The Morgan fingerprint density at radius 2 is 1.68 bits per heavy atom. The number of halogens is 1. The van der Waals surface area contributed by atoms with Gasteiger partial charge in [-0.1, -0.05) is 19.9 Å². The maximum absolute atomic E-state index is 13.0. The summed E-state index contributed by atoms with van der Waals surface area (Å²) >= 11 is 0. The first-order chi connectivity index (χ1) is 13.4. The third kappa shape index (κ3) is 4.79.